The molecule has 8 heteroatoms. The summed E-state index contributed by atoms with van der Waals surface area (Å²) in [5, 5.41) is 2.67. The van der Waals surface area contributed by atoms with E-state index in [0.717, 1.165) is 0 Å². The standard InChI is InChI=1S/C19H21FN2O4.ClH/c1-24-16-4-2-3-5-17(16)26-15-7-6-13(12-14(15)20)22-18(23)19(21)8-10-25-11-9-19;/h2-7,12H,8-11,21H2,1H3,(H,22,23);1H. The zero-order valence-electron chi connectivity index (χ0n) is 14.9. The van der Waals surface area contributed by atoms with Crippen LogP contribution in [0.2, 0.25) is 0 Å². The second-order valence-corrected chi connectivity index (χ2v) is 6.12. The first-order chi connectivity index (χ1) is 12.5. The van der Waals surface area contributed by atoms with E-state index in [9.17, 15) is 9.18 Å². The van der Waals surface area contributed by atoms with Crippen LogP contribution < -0.4 is 20.5 Å². The lowest BCUT2D eigenvalue weighted by atomic mass is 9.90. The molecule has 0 bridgehead atoms. The van der Waals surface area contributed by atoms with Gasteiger partial charge in [-0.05, 0) is 37.1 Å². The fourth-order valence-corrected chi connectivity index (χ4v) is 2.70. The molecule has 0 saturated carbocycles. The smallest absolute Gasteiger partial charge is 0.244 e. The summed E-state index contributed by atoms with van der Waals surface area (Å²) in [6.07, 6.45) is 0.854. The fraction of sp³-hybridized carbons (Fsp3) is 0.316. The first-order valence-electron chi connectivity index (χ1n) is 8.30. The molecule has 3 rings (SSSR count). The Labute approximate surface area is 163 Å². The molecule has 1 aliphatic heterocycles. The molecule has 0 radical (unpaired) electrons. The largest absolute Gasteiger partial charge is 0.493 e. The third-order valence-corrected chi connectivity index (χ3v) is 4.32. The first-order valence-corrected chi connectivity index (χ1v) is 8.30. The van der Waals surface area contributed by atoms with Gasteiger partial charge in [-0.3, -0.25) is 4.79 Å². The quantitative estimate of drug-likeness (QED) is 0.808. The van der Waals surface area contributed by atoms with Crippen molar-refractivity contribution in [3.63, 3.8) is 0 Å². The molecule has 27 heavy (non-hydrogen) atoms. The van der Waals surface area contributed by atoms with Crippen molar-refractivity contribution < 1.29 is 23.4 Å². The van der Waals surface area contributed by atoms with Gasteiger partial charge >= 0.3 is 0 Å². The number of hydrogen-bond acceptors (Lipinski definition) is 5. The van der Waals surface area contributed by atoms with Crippen LogP contribution >= 0.6 is 12.4 Å². The Hall–Kier alpha value is -2.35. The number of amides is 1. The number of rotatable bonds is 5. The lowest BCUT2D eigenvalue weighted by Crippen LogP contribution is -2.54. The van der Waals surface area contributed by atoms with Gasteiger partial charge in [-0.15, -0.1) is 12.4 Å². The first kappa shape index (κ1) is 21.0. The van der Waals surface area contributed by atoms with E-state index in [1.165, 1.54) is 19.2 Å². The van der Waals surface area contributed by atoms with Gasteiger partial charge in [0.2, 0.25) is 5.91 Å². The average molecular weight is 397 g/mol. The van der Waals surface area contributed by atoms with Crippen LogP contribution in [-0.4, -0.2) is 31.8 Å². The number of hydrogen-bond donors (Lipinski definition) is 2. The highest BCUT2D eigenvalue weighted by molar-refractivity contribution is 5.98. The second kappa shape index (κ2) is 9.03. The zero-order chi connectivity index (χ0) is 18.6. The van der Waals surface area contributed by atoms with Crippen LogP contribution in [-0.2, 0) is 9.53 Å². The topological polar surface area (TPSA) is 82.8 Å². The molecule has 1 fully saturated rings. The molecular weight excluding hydrogens is 375 g/mol. The molecule has 146 valence electrons. The Morgan fingerprint density at radius 3 is 2.44 bits per heavy atom. The van der Waals surface area contributed by atoms with Gasteiger partial charge in [0.1, 0.15) is 5.54 Å². The molecule has 2 aromatic carbocycles. The van der Waals surface area contributed by atoms with Crippen molar-refractivity contribution in [2.75, 3.05) is 25.6 Å². The Balaban J connectivity index is 0.00000261. The SMILES string of the molecule is COc1ccccc1Oc1ccc(NC(=O)C2(N)CCOCC2)cc1F.Cl. The average Bonchev–Trinajstić information content (AvgIpc) is 2.65. The number of ether oxygens (including phenoxy) is 3. The molecule has 0 aromatic heterocycles. The number of anilines is 1. The molecule has 0 aliphatic carbocycles. The highest BCUT2D eigenvalue weighted by Crippen LogP contribution is 2.33. The van der Waals surface area contributed by atoms with Crippen molar-refractivity contribution in [2.45, 2.75) is 18.4 Å². The van der Waals surface area contributed by atoms with E-state index < -0.39 is 11.4 Å². The number of benzene rings is 2. The molecule has 1 heterocycles. The molecule has 1 saturated heterocycles. The summed E-state index contributed by atoms with van der Waals surface area (Å²) in [6.45, 7) is 0.869. The zero-order valence-corrected chi connectivity index (χ0v) is 15.7. The predicted octanol–water partition coefficient (Wildman–Crippen LogP) is 3.49. The Bertz CT molecular complexity index is 797. The van der Waals surface area contributed by atoms with Crippen molar-refractivity contribution in [3.05, 3.63) is 48.3 Å². The van der Waals surface area contributed by atoms with E-state index in [1.807, 2.05) is 0 Å². The molecule has 1 aliphatic rings. The summed E-state index contributed by atoms with van der Waals surface area (Å²) in [7, 11) is 1.51. The van der Waals surface area contributed by atoms with Crippen molar-refractivity contribution in [1.29, 1.82) is 0 Å². The van der Waals surface area contributed by atoms with Gasteiger partial charge < -0.3 is 25.3 Å². The number of methoxy groups -OCH3 is 1. The van der Waals surface area contributed by atoms with Crippen molar-refractivity contribution in [1.82, 2.24) is 0 Å². The maximum absolute atomic E-state index is 14.4. The highest BCUT2D eigenvalue weighted by Gasteiger charge is 2.36. The van der Waals surface area contributed by atoms with E-state index >= 15 is 0 Å². The van der Waals surface area contributed by atoms with Crippen LogP contribution in [0.1, 0.15) is 12.8 Å². The van der Waals surface area contributed by atoms with Gasteiger partial charge in [-0.2, -0.15) is 0 Å². The third kappa shape index (κ3) is 4.88. The number of nitrogens with one attached hydrogen (secondary N) is 1. The summed E-state index contributed by atoms with van der Waals surface area (Å²) in [4.78, 5) is 12.4. The monoisotopic (exact) mass is 396 g/mol. The number of para-hydroxylation sites is 2. The van der Waals surface area contributed by atoms with Crippen molar-refractivity contribution >= 4 is 24.0 Å². The summed E-state index contributed by atoms with van der Waals surface area (Å²) >= 11 is 0. The highest BCUT2D eigenvalue weighted by atomic mass is 35.5. The summed E-state index contributed by atoms with van der Waals surface area (Å²) in [5.41, 5.74) is 5.45. The second-order valence-electron chi connectivity index (χ2n) is 6.12. The predicted molar refractivity (Wildman–Crippen MR) is 102 cm³/mol. The Morgan fingerprint density at radius 2 is 1.81 bits per heavy atom. The van der Waals surface area contributed by atoms with E-state index in [-0.39, 0.29) is 24.1 Å². The fourth-order valence-electron chi connectivity index (χ4n) is 2.70. The lowest BCUT2D eigenvalue weighted by Gasteiger charge is -2.31. The Morgan fingerprint density at radius 1 is 1.15 bits per heavy atom. The molecule has 0 atom stereocenters. The Kier molecular flexibility index (Phi) is 7.01. The van der Waals surface area contributed by atoms with Crippen LogP contribution in [0.25, 0.3) is 0 Å². The van der Waals surface area contributed by atoms with E-state index in [1.54, 1.807) is 30.3 Å². The molecule has 0 spiro atoms. The van der Waals surface area contributed by atoms with Crippen LogP contribution in [0.15, 0.2) is 42.5 Å². The maximum atomic E-state index is 14.4. The number of halogens is 2. The van der Waals surface area contributed by atoms with Gasteiger partial charge in [0, 0.05) is 25.0 Å². The van der Waals surface area contributed by atoms with Crippen molar-refractivity contribution in [2.24, 2.45) is 5.73 Å². The van der Waals surface area contributed by atoms with E-state index in [4.69, 9.17) is 19.9 Å². The summed E-state index contributed by atoms with van der Waals surface area (Å²) in [6, 6.07) is 11.2. The lowest BCUT2D eigenvalue weighted by molar-refractivity contribution is -0.124. The summed E-state index contributed by atoms with van der Waals surface area (Å²) in [5.74, 6) is -0.0333. The molecule has 3 N–H and O–H groups in total. The van der Waals surface area contributed by atoms with Gasteiger partial charge in [-0.25, -0.2) is 4.39 Å². The van der Waals surface area contributed by atoms with Crippen LogP contribution in [0.5, 0.6) is 17.2 Å². The molecule has 6 nitrogen and oxygen atoms in total. The van der Waals surface area contributed by atoms with E-state index in [0.29, 0.717) is 43.2 Å². The van der Waals surface area contributed by atoms with E-state index in [2.05, 4.69) is 5.32 Å². The minimum atomic E-state index is -0.999. The van der Waals surface area contributed by atoms with Crippen LogP contribution in [0.3, 0.4) is 0 Å². The minimum Gasteiger partial charge on any atom is -0.493 e. The number of carbonyl (C=O) groups is 1. The minimum absolute atomic E-state index is 0. The molecule has 2 aromatic rings. The third-order valence-electron chi connectivity index (χ3n) is 4.32. The normalized spacial score (nSPS) is 15.4. The molecule has 0 unspecified atom stereocenters. The molecular formula is C19H22ClFN2O4. The maximum Gasteiger partial charge on any atom is 0.244 e. The number of carbonyl (C=O) groups excluding carboxylic acids is 1. The van der Waals surface area contributed by atoms with Crippen LogP contribution in [0, 0.1) is 5.82 Å². The van der Waals surface area contributed by atoms with Gasteiger partial charge in [0.15, 0.2) is 23.1 Å². The van der Waals surface area contributed by atoms with Crippen molar-refractivity contribution in [3.8, 4) is 17.2 Å². The van der Waals surface area contributed by atoms with Gasteiger partial charge in [0.05, 0.1) is 7.11 Å². The number of nitrogens with two attached hydrogens (primary N) is 1. The van der Waals surface area contributed by atoms with Crippen LogP contribution in [0.4, 0.5) is 10.1 Å². The van der Waals surface area contributed by atoms with Gasteiger partial charge in [-0.1, -0.05) is 12.1 Å². The summed E-state index contributed by atoms with van der Waals surface area (Å²) < 4.78 is 30.4. The molecule has 1 amide bonds. The van der Waals surface area contributed by atoms with Gasteiger partial charge in [0.25, 0.3) is 0 Å².